The van der Waals surface area contributed by atoms with Crippen LogP contribution in [0.1, 0.15) is 30.3 Å². The van der Waals surface area contributed by atoms with E-state index in [-0.39, 0.29) is 12.4 Å². The highest BCUT2D eigenvalue weighted by Crippen LogP contribution is 2.40. The van der Waals surface area contributed by atoms with E-state index in [9.17, 15) is 8.78 Å². The zero-order chi connectivity index (χ0) is 17.0. The summed E-state index contributed by atoms with van der Waals surface area (Å²) in [4.78, 5) is 4.40. The van der Waals surface area contributed by atoms with Gasteiger partial charge >= 0.3 is 0 Å². The van der Waals surface area contributed by atoms with Gasteiger partial charge in [-0.25, -0.2) is 8.78 Å². The monoisotopic (exact) mass is 344 g/mol. The third kappa shape index (κ3) is 2.22. The van der Waals surface area contributed by atoms with Crippen molar-refractivity contribution in [1.82, 2.24) is 20.0 Å². The normalized spacial score (nSPS) is 22.4. The van der Waals surface area contributed by atoms with E-state index >= 15 is 0 Å². The Morgan fingerprint density at radius 3 is 3.04 bits per heavy atom. The van der Waals surface area contributed by atoms with Crippen LogP contribution in [0.2, 0.25) is 0 Å². The van der Waals surface area contributed by atoms with Crippen LogP contribution in [-0.2, 0) is 13.0 Å². The maximum absolute atomic E-state index is 14.2. The molecule has 0 bridgehead atoms. The van der Waals surface area contributed by atoms with Crippen molar-refractivity contribution in [1.29, 1.82) is 0 Å². The van der Waals surface area contributed by atoms with E-state index in [0.717, 1.165) is 35.9 Å². The third-order valence-corrected chi connectivity index (χ3v) is 5.32. The van der Waals surface area contributed by atoms with Gasteiger partial charge < -0.3 is 14.4 Å². The second-order valence-corrected chi connectivity index (χ2v) is 6.83. The van der Waals surface area contributed by atoms with E-state index in [0.29, 0.717) is 18.8 Å². The topological polar surface area (TPSA) is 55.9 Å². The maximum atomic E-state index is 14.2. The van der Waals surface area contributed by atoms with Crippen LogP contribution >= 0.6 is 0 Å². The van der Waals surface area contributed by atoms with Gasteiger partial charge in [0.25, 0.3) is 5.92 Å². The Balaban J connectivity index is 1.62. The fourth-order valence-electron chi connectivity index (χ4n) is 4.14. The van der Waals surface area contributed by atoms with Gasteiger partial charge in [0.2, 0.25) is 11.7 Å². The van der Waals surface area contributed by atoms with Crippen LogP contribution < -0.4 is 5.32 Å². The molecule has 5 rings (SSSR count). The number of fused-ring (bicyclic) bond motifs is 3. The third-order valence-electron chi connectivity index (χ3n) is 5.32. The molecule has 1 saturated heterocycles. The van der Waals surface area contributed by atoms with Crippen molar-refractivity contribution in [3.05, 3.63) is 35.9 Å². The Labute approximate surface area is 143 Å². The lowest BCUT2D eigenvalue weighted by molar-refractivity contribution is -0.0506. The fraction of sp³-hybridized carbons (Fsp3) is 0.444. The summed E-state index contributed by atoms with van der Waals surface area (Å²) in [7, 11) is 0. The van der Waals surface area contributed by atoms with Crippen LogP contribution in [0, 0.1) is 0 Å². The largest absolute Gasteiger partial charge is 0.344 e. The van der Waals surface area contributed by atoms with Crippen molar-refractivity contribution in [2.75, 3.05) is 13.1 Å². The average molecular weight is 344 g/mol. The summed E-state index contributed by atoms with van der Waals surface area (Å²) < 4.78 is 35.9. The van der Waals surface area contributed by atoms with Gasteiger partial charge in [-0.1, -0.05) is 23.4 Å². The van der Waals surface area contributed by atoms with Crippen LogP contribution in [0.15, 0.2) is 28.8 Å². The Hall–Kier alpha value is -2.28. The van der Waals surface area contributed by atoms with Gasteiger partial charge in [0, 0.05) is 23.1 Å². The number of aromatic nitrogens is 3. The standard InChI is InChI=1S/C18H18F2N4O/c19-18(20)10-21-8-7-12(18)17-22-16(23-25-17)15-11-4-1-2-5-13(11)24-9-3-6-14(15)24/h1-2,4-5,12,21H,3,6-10H2. The van der Waals surface area contributed by atoms with E-state index in [1.165, 1.54) is 5.69 Å². The van der Waals surface area contributed by atoms with Gasteiger partial charge in [-0.3, -0.25) is 0 Å². The molecular weight excluding hydrogens is 326 g/mol. The average Bonchev–Trinajstić information content (AvgIpc) is 3.29. The molecule has 7 heteroatoms. The first-order valence-corrected chi connectivity index (χ1v) is 8.68. The molecule has 0 saturated carbocycles. The molecule has 2 aliphatic rings. The lowest BCUT2D eigenvalue weighted by Crippen LogP contribution is -2.44. The van der Waals surface area contributed by atoms with Crippen molar-refractivity contribution < 1.29 is 13.3 Å². The molecule has 1 aromatic carbocycles. The molecule has 1 N–H and O–H groups in total. The number of alkyl halides is 2. The van der Waals surface area contributed by atoms with Gasteiger partial charge in [0.15, 0.2) is 0 Å². The number of nitrogens with one attached hydrogen (secondary N) is 1. The first-order chi connectivity index (χ1) is 12.1. The summed E-state index contributed by atoms with van der Waals surface area (Å²) >= 11 is 0. The van der Waals surface area contributed by atoms with Gasteiger partial charge in [0.05, 0.1) is 12.1 Å². The molecule has 4 heterocycles. The van der Waals surface area contributed by atoms with E-state index in [2.05, 4.69) is 26.1 Å². The predicted molar refractivity (Wildman–Crippen MR) is 88.7 cm³/mol. The highest BCUT2D eigenvalue weighted by Gasteiger charge is 2.46. The maximum Gasteiger partial charge on any atom is 0.271 e. The van der Waals surface area contributed by atoms with Gasteiger partial charge in [-0.15, -0.1) is 0 Å². The molecule has 0 amide bonds. The Kier molecular flexibility index (Phi) is 3.22. The first-order valence-electron chi connectivity index (χ1n) is 8.68. The molecule has 2 aromatic heterocycles. The van der Waals surface area contributed by atoms with Crippen molar-refractivity contribution in [2.45, 2.75) is 37.6 Å². The Morgan fingerprint density at radius 2 is 2.16 bits per heavy atom. The zero-order valence-electron chi connectivity index (χ0n) is 13.6. The minimum atomic E-state index is -2.87. The summed E-state index contributed by atoms with van der Waals surface area (Å²) in [5.41, 5.74) is 3.24. The Morgan fingerprint density at radius 1 is 1.28 bits per heavy atom. The molecule has 1 atom stereocenters. The Bertz CT molecular complexity index is 946. The molecule has 1 unspecified atom stereocenters. The predicted octanol–water partition coefficient (Wildman–Crippen LogP) is 3.35. The molecule has 0 aliphatic carbocycles. The second kappa shape index (κ2) is 5.36. The van der Waals surface area contributed by atoms with E-state index in [1.807, 2.05) is 18.2 Å². The van der Waals surface area contributed by atoms with Gasteiger partial charge in [-0.05, 0) is 31.9 Å². The van der Waals surface area contributed by atoms with Gasteiger partial charge in [-0.2, -0.15) is 4.98 Å². The smallest absolute Gasteiger partial charge is 0.271 e. The van der Waals surface area contributed by atoms with E-state index < -0.39 is 11.8 Å². The van der Waals surface area contributed by atoms with Crippen molar-refractivity contribution in [3.8, 4) is 11.4 Å². The number of hydrogen-bond donors (Lipinski definition) is 1. The van der Waals surface area contributed by atoms with Crippen molar-refractivity contribution in [3.63, 3.8) is 0 Å². The highest BCUT2D eigenvalue weighted by molar-refractivity contribution is 5.96. The number of piperidine rings is 1. The molecule has 2 aliphatic heterocycles. The lowest BCUT2D eigenvalue weighted by atomic mass is 9.94. The summed E-state index contributed by atoms with van der Waals surface area (Å²) in [6.07, 6.45) is 2.31. The van der Waals surface area contributed by atoms with Crippen molar-refractivity contribution >= 4 is 10.9 Å². The number of benzene rings is 1. The highest BCUT2D eigenvalue weighted by atomic mass is 19.3. The van der Waals surface area contributed by atoms with E-state index in [4.69, 9.17) is 4.52 Å². The van der Waals surface area contributed by atoms with Crippen LogP contribution in [-0.4, -0.2) is 33.7 Å². The second-order valence-electron chi connectivity index (χ2n) is 6.83. The van der Waals surface area contributed by atoms with Crippen LogP contribution in [0.3, 0.4) is 0 Å². The van der Waals surface area contributed by atoms with Crippen molar-refractivity contribution in [2.24, 2.45) is 0 Å². The first kappa shape index (κ1) is 15.0. The number of para-hydroxylation sites is 1. The molecule has 1 fully saturated rings. The van der Waals surface area contributed by atoms with Crippen LogP contribution in [0.4, 0.5) is 8.78 Å². The minimum Gasteiger partial charge on any atom is -0.344 e. The zero-order valence-corrected chi connectivity index (χ0v) is 13.6. The summed E-state index contributed by atoms with van der Waals surface area (Å²) in [5.74, 6) is -3.41. The number of aryl methyl sites for hydroxylation is 1. The lowest BCUT2D eigenvalue weighted by Gasteiger charge is -2.29. The number of nitrogens with zero attached hydrogens (tertiary/aromatic N) is 3. The molecule has 0 radical (unpaired) electrons. The number of halogens is 2. The van der Waals surface area contributed by atoms with Crippen LogP contribution in [0.5, 0.6) is 0 Å². The number of hydrogen-bond acceptors (Lipinski definition) is 4. The molecule has 3 aromatic rings. The molecule has 130 valence electrons. The summed E-state index contributed by atoms with van der Waals surface area (Å²) in [5, 5.41) is 7.85. The van der Waals surface area contributed by atoms with Gasteiger partial charge in [0.1, 0.15) is 5.92 Å². The van der Waals surface area contributed by atoms with Crippen LogP contribution in [0.25, 0.3) is 22.3 Å². The fourth-order valence-corrected chi connectivity index (χ4v) is 4.14. The molecule has 0 spiro atoms. The minimum absolute atomic E-state index is 0.0449. The van der Waals surface area contributed by atoms with E-state index in [1.54, 1.807) is 0 Å². The molecular formula is C18H18F2N4O. The summed E-state index contributed by atoms with van der Waals surface area (Å²) in [6.45, 7) is 1.15. The molecule has 25 heavy (non-hydrogen) atoms. The summed E-state index contributed by atoms with van der Waals surface area (Å²) in [6, 6.07) is 8.10. The molecule has 5 nitrogen and oxygen atoms in total. The quantitative estimate of drug-likeness (QED) is 0.775. The SMILES string of the molecule is FC1(F)CNCCC1c1nc(-c2c3n(c4ccccc24)CCC3)no1. The number of rotatable bonds is 2.